The van der Waals surface area contributed by atoms with E-state index in [4.69, 9.17) is 0 Å². The van der Waals surface area contributed by atoms with Gasteiger partial charge in [0.25, 0.3) is 5.69 Å². The molecule has 34 heavy (non-hydrogen) atoms. The number of hydrogen-bond acceptors (Lipinski definition) is 7. The number of para-hydroxylation sites is 2. The Morgan fingerprint density at radius 1 is 1.00 bits per heavy atom. The summed E-state index contributed by atoms with van der Waals surface area (Å²) in [5, 5.41) is 17.0. The highest BCUT2D eigenvalue weighted by atomic mass is 32.2. The molecule has 3 N–H and O–H groups in total. The molecule has 0 saturated carbocycles. The number of fused-ring (bicyclic) bond motifs is 1. The number of aromatic nitrogens is 1. The predicted octanol–water partition coefficient (Wildman–Crippen LogP) is 3.97. The summed E-state index contributed by atoms with van der Waals surface area (Å²) < 4.78 is 28.0. The standard InChI is InChI=1S/C22H19N5O5S2/c28-22(23-12-13-24-34(31,32)16-7-5-6-15(14-16)27(29)30)26-18-9-2-1-8-17(18)21-25-19-10-3-4-11-20(19)33-21/h1-11,14,24H,12-13H2,(H2,23,26,28). The second kappa shape index (κ2) is 9.95. The SMILES string of the molecule is O=C(NCCNS(=O)(=O)c1cccc([N+](=O)[O-])c1)Nc1ccccc1-c1nc2ccccc2s1. The van der Waals surface area contributed by atoms with Gasteiger partial charge in [0.2, 0.25) is 10.0 Å². The molecule has 0 aliphatic rings. The molecule has 10 nitrogen and oxygen atoms in total. The minimum Gasteiger partial charge on any atom is -0.337 e. The Kier molecular flexibility index (Phi) is 6.82. The van der Waals surface area contributed by atoms with E-state index < -0.39 is 21.0 Å². The van der Waals surface area contributed by atoms with Crippen LogP contribution in [-0.2, 0) is 10.0 Å². The number of nitro benzene ring substituents is 1. The summed E-state index contributed by atoms with van der Waals surface area (Å²) in [6.07, 6.45) is 0. The van der Waals surface area contributed by atoms with E-state index in [0.717, 1.165) is 26.9 Å². The highest BCUT2D eigenvalue weighted by Crippen LogP contribution is 2.34. The molecular weight excluding hydrogens is 478 g/mol. The molecule has 0 atom stereocenters. The number of nitro groups is 1. The Hall–Kier alpha value is -3.87. The van der Waals surface area contributed by atoms with Crippen LogP contribution in [0.25, 0.3) is 20.8 Å². The minimum atomic E-state index is -3.96. The van der Waals surface area contributed by atoms with Crippen LogP contribution in [0.15, 0.2) is 77.7 Å². The minimum absolute atomic E-state index is 0.00327. The number of rotatable bonds is 8. The first-order valence-corrected chi connectivity index (χ1v) is 12.4. The predicted molar refractivity (Wildman–Crippen MR) is 130 cm³/mol. The van der Waals surface area contributed by atoms with E-state index in [1.54, 1.807) is 12.1 Å². The van der Waals surface area contributed by atoms with Crippen molar-refractivity contribution in [2.45, 2.75) is 4.90 Å². The molecule has 0 unspecified atom stereocenters. The fraction of sp³-hybridized carbons (Fsp3) is 0.0909. The van der Waals surface area contributed by atoms with Crippen LogP contribution in [-0.4, -0.2) is 37.4 Å². The molecular formula is C22H19N5O5S2. The summed E-state index contributed by atoms with van der Waals surface area (Å²) in [6.45, 7) is -0.0960. The lowest BCUT2D eigenvalue weighted by Crippen LogP contribution is -2.36. The molecule has 0 fully saturated rings. The average molecular weight is 498 g/mol. The molecule has 2 amide bonds. The van der Waals surface area contributed by atoms with Crippen LogP contribution in [0.5, 0.6) is 0 Å². The lowest BCUT2D eigenvalue weighted by Gasteiger charge is -2.11. The number of thiazole rings is 1. The van der Waals surface area contributed by atoms with Gasteiger partial charge in [0.1, 0.15) is 5.01 Å². The highest BCUT2D eigenvalue weighted by molar-refractivity contribution is 7.89. The molecule has 4 aromatic rings. The summed E-state index contributed by atoms with van der Waals surface area (Å²) in [5.41, 5.74) is 1.88. The van der Waals surface area contributed by atoms with Crippen molar-refractivity contribution in [3.63, 3.8) is 0 Å². The number of urea groups is 1. The molecule has 3 aromatic carbocycles. The van der Waals surface area contributed by atoms with Crippen molar-refractivity contribution in [3.8, 4) is 10.6 Å². The highest BCUT2D eigenvalue weighted by Gasteiger charge is 2.17. The molecule has 0 aliphatic heterocycles. The van der Waals surface area contributed by atoms with Gasteiger partial charge in [0.15, 0.2) is 0 Å². The summed E-state index contributed by atoms with van der Waals surface area (Å²) >= 11 is 1.51. The van der Waals surface area contributed by atoms with Crippen molar-refractivity contribution in [3.05, 3.63) is 82.9 Å². The average Bonchev–Trinajstić information content (AvgIpc) is 3.26. The van der Waals surface area contributed by atoms with E-state index in [2.05, 4.69) is 20.3 Å². The van der Waals surface area contributed by atoms with Crippen LogP contribution >= 0.6 is 11.3 Å². The number of non-ortho nitro benzene ring substituents is 1. The number of carbonyl (C=O) groups excluding carboxylic acids is 1. The number of nitrogens with zero attached hydrogens (tertiary/aromatic N) is 2. The monoisotopic (exact) mass is 497 g/mol. The lowest BCUT2D eigenvalue weighted by molar-refractivity contribution is -0.385. The van der Waals surface area contributed by atoms with Gasteiger partial charge in [-0.2, -0.15) is 0 Å². The van der Waals surface area contributed by atoms with E-state index in [0.29, 0.717) is 5.69 Å². The van der Waals surface area contributed by atoms with Crippen LogP contribution < -0.4 is 15.4 Å². The second-order valence-corrected chi connectivity index (χ2v) is 9.86. The Morgan fingerprint density at radius 3 is 2.56 bits per heavy atom. The normalized spacial score (nSPS) is 11.3. The number of hydrogen-bond donors (Lipinski definition) is 3. The molecule has 12 heteroatoms. The van der Waals surface area contributed by atoms with Crippen LogP contribution in [0.4, 0.5) is 16.2 Å². The fourth-order valence-electron chi connectivity index (χ4n) is 3.14. The molecule has 174 valence electrons. The van der Waals surface area contributed by atoms with E-state index in [1.165, 1.54) is 29.5 Å². The Bertz CT molecular complexity index is 1440. The first-order chi connectivity index (χ1) is 16.3. The Morgan fingerprint density at radius 2 is 1.76 bits per heavy atom. The maximum atomic E-state index is 12.4. The summed E-state index contributed by atoms with van der Waals surface area (Å²) in [5.74, 6) is 0. The summed E-state index contributed by atoms with van der Waals surface area (Å²) in [4.78, 5) is 27.0. The third-order valence-electron chi connectivity index (χ3n) is 4.74. The topological polar surface area (TPSA) is 143 Å². The van der Waals surface area contributed by atoms with Crippen molar-refractivity contribution >= 4 is 49.0 Å². The van der Waals surface area contributed by atoms with Crippen molar-refractivity contribution in [2.24, 2.45) is 0 Å². The van der Waals surface area contributed by atoms with Gasteiger partial charge in [-0.15, -0.1) is 11.3 Å². The third kappa shape index (κ3) is 5.36. The van der Waals surface area contributed by atoms with Gasteiger partial charge in [0.05, 0.1) is 25.7 Å². The Balaban J connectivity index is 1.35. The molecule has 0 bridgehead atoms. The van der Waals surface area contributed by atoms with Crippen molar-refractivity contribution in [1.29, 1.82) is 0 Å². The number of sulfonamides is 1. The van der Waals surface area contributed by atoms with Crippen molar-refractivity contribution in [1.82, 2.24) is 15.0 Å². The summed E-state index contributed by atoms with van der Waals surface area (Å²) in [7, 11) is -3.96. The zero-order chi connectivity index (χ0) is 24.1. The second-order valence-electron chi connectivity index (χ2n) is 7.07. The fourth-order valence-corrected chi connectivity index (χ4v) is 5.22. The number of benzene rings is 3. The van der Waals surface area contributed by atoms with Gasteiger partial charge in [-0.25, -0.2) is 22.9 Å². The number of nitrogens with one attached hydrogen (secondary N) is 3. The van der Waals surface area contributed by atoms with Crippen molar-refractivity contribution in [2.75, 3.05) is 18.4 Å². The zero-order valence-corrected chi connectivity index (χ0v) is 19.2. The maximum absolute atomic E-state index is 12.4. The van der Waals surface area contributed by atoms with Crippen LogP contribution in [0.3, 0.4) is 0 Å². The van der Waals surface area contributed by atoms with Gasteiger partial charge in [0, 0.05) is 30.8 Å². The largest absolute Gasteiger partial charge is 0.337 e. The summed E-state index contributed by atoms with van der Waals surface area (Å²) in [6, 6.07) is 19.2. The number of anilines is 1. The van der Waals surface area contributed by atoms with Crippen LogP contribution in [0.1, 0.15) is 0 Å². The van der Waals surface area contributed by atoms with Crippen LogP contribution in [0, 0.1) is 10.1 Å². The molecule has 0 aliphatic carbocycles. The number of carbonyl (C=O) groups is 1. The van der Waals surface area contributed by atoms with E-state index >= 15 is 0 Å². The maximum Gasteiger partial charge on any atom is 0.319 e. The van der Waals surface area contributed by atoms with Gasteiger partial charge < -0.3 is 10.6 Å². The van der Waals surface area contributed by atoms with E-state index in [9.17, 15) is 23.3 Å². The molecule has 0 saturated heterocycles. The lowest BCUT2D eigenvalue weighted by atomic mass is 10.2. The van der Waals surface area contributed by atoms with Gasteiger partial charge >= 0.3 is 6.03 Å². The van der Waals surface area contributed by atoms with Gasteiger partial charge in [-0.1, -0.05) is 30.3 Å². The van der Waals surface area contributed by atoms with Crippen LogP contribution in [0.2, 0.25) is 0 Å². The molecule has 0 radical (unpaired) electrons. The third-order valence-corrected chi connectivity index (χ3v) is 7.27. The first-order valence-electron chi connectivity index (χ1n) is 10.1. The van der Waals surface area contributed by atoms with E-state index in [1.807, 2.05) is 36.4 Å². The van der Waals surface area contributed by atoms with Crippen molar-refractivity contribution < 1.29 is 18.1 Å². The number of amides is 2. The molecule has 0 spiro atoms. The van der Waals surface area contributed by atoms with E-state index in [-0.39, 0.29) is 23.7 Å². The Labute approximate surface area is 198 Å². The first kappa shape index (κ1) is 23.3. The zero-order valence-electron chi connectivity index (χ0n) is 17.6. The molecule has 1 heterocycles. The smallest absolute Gasteiger partial charge is 0.319 e. The van der Waals surface area contributed by atoms with Gasteiger partial charge in [-0.3, -0.25) is 10.1 Å². The molecule has 1 aromatic heterocycles. The quantitative estimate of drug-likeness (QED) is 0.191. The molecule has 4 rings (SSSR count). The van der Waals surface area contributed by atoms with Gasteiger partial charge in [-0.05, 0) is 30.3 Å².